The summed E-state index contributed by atoms with van der Waals surface area (Å²) in [5, 5.41) is 11.8. The summed E-state index contributed by atoms with van der Waals surface area (Å²) in [5.74, 6) is -2.33. The lowest BCUT2D eigenvalue weighted by atomic mass is 9.82. The molecule has 2 N–H and O–H groups in total. The molecule has 2 aliphatic rings. The number of nitrogens with zero attached hydrogens (tertiary/aromatic N) is 1. The molecule has 116 valence electrons. The molecule has 21 heavy (non-hydrogen) atoms. The number of likely N-dealkylation sites (tertiary alicyclic amines) is 1. The Morgan fingerprint density at radius 3 is 2.33 bits per heavy atom. The van der Waals surface area contributed by atoms with Crippen molar-refractivity contribution in [2.24, 2.45) is 11.8 Å². The molecule has 0 saturated carbocycles. The first-order chi connectivity index (χ1) is 10.1. The van der Waals surface area contributed by atoms with E-state index in [4.69, 9.17) is 5.11 Å². The average molecular weight is 294 g/mol. The van der Waals surface area contributed by atoms with Crippen LogP contribution in [0.4, 0.5) is 0 Å². The molecule has 0 bridgehead atoms. The number of amides is 2. The van der Waals surface area contributed by atoms with Crippen LogP contribution in [0.3, 0.4) is 0 Å². The number of aliphatic carboxylic acids is 1. The summed E-state index contributed by atoms with van der Waals surface area (Å²) in [6, 6.07) is 0. The standard InChI is InChI=1S/C15H22N2O4/c18-13(17-9-3-4-10-17)7-8-16-14(19)11-5-1-2-6-12(11)15(20)21/h1-2,11-12H,3-10H2,(H,16,19)(H,20,21)/t11-,12+/m1/s1. The van der Waals surface area contributed by atoms with Crippen molar-refractivity contribution in [3.8, 4) is 0 Å². The van der Waals surface area contributed by atoms with Gasteiger partial charge >= 0.3 is 5.97 Å². The first-order valence-electron chi connectivity index (χ1n) is 7.53. The Labute approximate surface area is 124 Å². The van der Waals surface area contributed by atoms with Gasteiger partial charge in [0.05, 0.1) is 11.8 Å². The lowest BCUT2D eigenvalue weighted by Crippen LogP contribution is -2.40. The maximum absolute atomic E-state index is 12.1. The van der Waals surface area contributed by atoms with Gasteiger partial charge in [-0.3, -0.25) is 14.4 Å². The molecule has 2 atom stereocenters. The van der Waals surface area contributed by atoms with Crippen molar-refractivity contribution in [2.75, 3.05) is 19.6 Å². The van der Waals surface area contributed by atoms with Crippen LogP contribution in [0, 0.1) is 11.8 Å². The van der Waals surface area contributed by atoms with Crippen LogP contribution in [-0.4, -0.2) is 47.4 Å². The molecular formula is C15H22N2O4. The maximum atomic E-state index is 12.1. The minimum Gasteiger partial charge on any atom is -0.481 e. The Morgan fingerprint density at radius 2 is 1.71 bits per heavy atom. The highest BCUT2D eigenvalue weighted by molar-refractivity contribution is 5.85. The molecule has 0 spiro atoms. The third kappa shape index (κ3) is 4.06. The summed E-state index contributed by atoms with van der Waals surface area (Å²) < 4.78 is 0. The maximum Gasteiger partial charge on any atom is 0.307 e. The Bertz CT molecular complexity index is 441. The van der Waals surface area contributed by atoms with Gasteiger partial charge in [0.1, 0.15) is 0 Å². The van der Waals surface area contributed by atoms with Crippen LogP contribution < -0.4 is 5.32 Å². The fourth-order valence-corrected chi connectivity index (χ4v) is 2.93. The number of carboxylic acids is 1. The van der Waals surface area contributed by atoms with Gasteiger partial charge in [-0.1, -0.05) is 12.2 Å². The van der Waals surface area contributed by atoms with E-state index in [2.05, 4.69) is 5.32 Å². The van der Waals surface area contributed by atoms with Crippen molar-refractivity contribution < 1.29 is 19.5 Å². The average Bonchev–Trinajstić information content (AvgIpc) is 3.01. The van der Waals surface area contributed by atoms with Gasteiger partial charge < -0.3 is 15.3 Å². The van der Waals surface area contributed by atoms with E-state index in [9.17, 15) is 14.4 Å². The first-order valence-corrected chi connectivity index (χ1v) is 7.53. The molecule has 1 fully saturated rings. The largest absolute Gasteiger partial charge is 0.481 e. The smallest absolute Gasteiger partial charge is 0.307 e. The molecule has 0 aromatic heterocycles. The molecule has 2 amide bonds. The highest BCUT2D eigenvalue weighted by Crippen LogP contribution is 2.25. The lowest BCUT2D eigenvalue weighted by molar-refractivity contribution is -0.147. The second-order valence-corrected chi connectivity index (χ2v) is 5.62. The van der Waals surface area contributed by atoms with Crippen molar-refractivity contribution in [1.82, 2.24) is 10.2 Å². The van der Waals surface area contributed by atoms with Gasteiger partial charge in [-0.2, -0.15) is 0 Å². The van der Waals surface area contributed by atoms with Crippen LogP contribution in [0.15, 0.2) is 12.2 Å². The SMILES string of the molecule is O=C(O)[C@H]1CC=CC[C@H]1C(=O)NCCC(=O)N1CCCC1. The molecule has 6 heteroatoms. The van der Waals surface area contributed by atoms with Crippen molar-refractivity contribution in [2.45, 2.75) is 32.1 Å². The number of carbonyl (C=O) groups is 3. The summed E-state index contributed by atoms with van der Waals surface area (Å²) in [4.78, 5) is 36.9. The summed E-state index contributed by atoms with van der Waals surface area (Å²) >= 11 is 0. The van der Waals surface area contributed by atoms with Gasteiger partial charge in [-0.15, -0.1) is 0 Å². The van der Waals surface area contributed by atoms with Gasteiger partial charge in [-0.25, -0.2) is 0 Å². The topological polar surface area (TPSA) is 86.7 Å². The van der Waals surface area contributed by atoms with Crippen molar-refractivity contribution in [3.63, 3.8) is 0 Å². The molecule has 0 radical (unpaired) electrons. The predicted molar refractivity (Wildman–Crippen MR) is 76.4 cm³/mol. The van der Waals surface area contributed by atoms with Gasteiger partial charge in [-0.05, 0) is 25.7 Å². The molecular weight excluding hydrogens is 272 g/mol. The van der Waals surface area contributed by atoms with Crippen molar-refractivity contribution in [1.29, 1.82) is 0 Å². The van der Waals surface area contributed by atoms with Crippen molar-refractivity contribution in [3.05, 3.63) is 12.2 Å². The van der Waals surface area contributed by atoms with Gasteiger partial charge in [0, 0.05) is 26.1 Å². The molecule has 0 aromatic carbocycles. The number of hydrogen-bond donors (Lipinski definition) is 2. The van der Waals surface area contributed by atoms with E-state index in [1.54, 1.807) is 6.08 Å². The van der Waals surface area contributed by atoms with Crippen LogP contribution in [-0.2, 0) is 14.4 Å². The highest BCUT2D eigenvalue weighted by Gasteiger charge is 2.33. The summed E-state index contributed by atoms with van der Waals surface area (Å²) in [6.45, 7) is 1.89. The molecule has 1 aliphatic carbocycles. The highest BCUT2D eigenvalue weighted by atomic mass is 16.4. The molecule has 1 heterocycles. The second-order valence-electron chi connectivity index (χ2n) is 5.62. The van der Waals surface area contributed by atoms with Crippen LogP contribution in [0.2, 0.25) is 0 Å². The number of hydrogen-bond acceptors (Lipinski definition) is 3. The third-order valence-corrected chi connectivity index (χ3v) is 4.18. The quantitative estimate of drug-likeness (QED) is 0.734. The van der Waals surface area contributed by atoms with Crippen LogP contribution in [0.1, 0.15) is 32.1 Å². The Hall–Kier alpha value is -1.85. The number of carbonyl (C=O) groups excluding carboxylic acids is 2. The fourth-order valence-electron chi connectivity index (χ4n) is 2.93. The van der Waals surface area contributed by atoms with Gasteiger partial charge in [0.15, 0.2) is 0 Å². The van der Waals surface area contributed by atoms with E-state index >= 15 is 0 Å². The van der Waals surface area contributed by atoms with E-state index < -0.39 is 17.8 Å². The van der Waals surface area contributed by atoms with Gasteiger partial charge in [0.25, 0.3) is 0 Å². The monoisotopic (exact) mass is 294 g/mol. The predicted octanol–water partition coefficient (Wildman–Crippen LogP) is 0.782. The van der Waals surface area contributed by atoms with Crippen LogP contribution in [0.5, 0.6) is 0 Å². The minimum atomic E-state index is -0.937. The zero-order chi connectivity index (χ0) is 15.2. The molecule has 6 nitrogen and oxygen atoms in total. The Kier molecular flexibility index (Phi) is 5.36. The minimum absolute atomic E-state index is 0.0612. The van der Waals surface area contributed by atoms with E-state index in [0.29, 0.717) is 12.8 Å². The fraction of sp³-hybridized carbons (Fsp3) is 0.667. The number of rotatable bonds is 5. The first kappa shape index (κ1) is 15.5. The molecule has 0 unspecified atom stereocenters. The number of allylic oxidation sites excluding steroid dienone is 2. The normalized spacial score (nSPS) is 24.9. The van der Waals surface area contributed by atoms with Crippen molar-refractivity contribution >= 4 is 17.8 Å². The molecule has 1 aliphatic heterocycles. The zero-order valence-corrected chi connectivity index (χ0v) is 12.1. The second kappa shape index (κ2) is 7.24. The van der Waals surface area contributed by atoms with Crippen LogP contribution >= 0.6 is 0 Å². The van der Waals surface area contributed by atoms with E-state index in [0.717, 1.165) is 25.9 Å². The third-order valence-electron chi connectivity index (χ3n) is 4.18. The summed E-state index contributed by atoms with van der Waals surface area (Å²) in [7, 11) is 0. The molecule has 2 rings (SSSR count). The Balaban J connectivity index is 1.77. The van der Waals surface area contributed by atoms with Crippen LogP contribution in [0.25, 0.3) is 0 Å². The Morgan fingerprint density at radius 1 is 1.10 bits per heavy atom. The number of carboxylic acid groups (broad SMARTS) is 1. The molecule has 0 aromatic rings. The lowest BCUT2D eigenvalue weighted by Gasteiger charge is -2.24. The van der Waals surface area contributed by atoms with E-state index in [-0.39, 0.29) is 24.8 Å². The van der Waals surface area contributed by atoms with E-state index in [1.807, 2.05) is 11.0 Å². The number of nitrogens with one attached hydrogen (secondary N) is 1. The van der Waals surface area contributed by atoms with E-state index in [1.165, 1.54) is 0 Å². The summed E-state index contributed by atoms with van der Waals surface area (Å²) in [6.07, 6.45) is 6.87. The van der Waals surface area contributed by atoms with Gasteiger partial charge in [0.2, 0.25) is 11.8 Å². The molecule has 1 saturated heterocycles. The summed E-state index contributed by atoms with van der Waals surface area (Å²) in [5.41, 5.74) is 0. The zero-order valence-electron chi connectivity index (χ0n) is 12.1.